The van der Waals surface area contributed by atoms with Crippen molar-refractivity contribution in [2.45, 2.75) is 32.3 Å². The lowest BCUT2D eigenvalue weighted by Gasteiger charge is -2.32. The van der Waals surface area contributed by atoms with E-state index < -0.39 is 6.10 Å². The van der Waals surface area contributed by atoms with Crippen LogP contribution in [-0.4, -0.2) is 47.6 Å². The molecule has 5 nitrogen and oxygen atoms in total. The first-order valence-electron chi connectivity index (χ1n) is 7.98. The van der Waals surface area contributed by atoms with Crippen LogP contribution < -0.4 is 5.32 Å². The van der Waals surface area contributed by atoms with E-state index in [4.69, 9.17) is 0 Å². The fourth-order valence-corrected chi connectivity index (χ4v) is 2.70. The first-order valence-corrected chi connectivity index (χ1v) is 7.98. The fourth-order valence-electron chi connectivity index (χ4n) is 2.70. The van der Waals surface area contributed by atoms with Crippen LogP contribution in [0.5, 0.6) is 0 Å². The molecule has 23 heavy (non-hydrogen) atoms. The number of halogens is 1. The Kier molecular flexibility index (Phi) is 6.10. The Hall–Kier alpha value is -1.95. The molecule has 1 fully saturated rings. The van der Waals surface area contributed by atoms with Gasteiger partial charge in [-0.05, 0) is 50.5 Å². The molecule has 1 aromatic carbocycles. The SMILES string of the molecule is CC(O)CCNC(=O)C1CCCN(C(=O)c2ccc(F)cc2)C1. The molecule has 1 heterocycles. The van der Waals surface area contributed by atoms with Gasteiger partial charge in [-0.3, -0.25) is 9.59 Å². The van der Waals surface area contributed by atoms with Crippen molar-refractivity contribution in [2.24, 2.45) is 5.92 Å². The van der Waals surface area contributed by atoms with Gasteiger partial charge in [-0.1, -0.05) is 0 Å². The Morgan fingerprint density at radius 3 is 2.74 bits per heavy atom. The van der Waals surface area contributed by atoms with E-state index in [1.807, 2.05) is 0 Å². The van der Waals surface area contributed by atoms with Crippen LogP contribution >= 0.6 is 0 Å². The monoisotopic (exact) mass is 322 g/mol. The maximum absolute atomic E-state index is 12.9. The van der Waals surface area contributed by atoms with Gasteiger partial charge in [0.15, 0.2) is 0 Å². The zero-order valence-electron chi connectivity index (χ0n) is 13.3. The number of nitrogens with zero attached hydrogens (tertiary/aromatic N) is 1. The molecule has 0 radical (unpaired) electrons. The van der Waals surface area contributed by atoms with E-state index in [2.05, 4.69) is 5.32 Å². The minimum Gasteiger partial charge on any atom is -0.393 e. The summed E-state index contributed by atoms with van der Waals surface area (Å²) in [5, 5.41) is 12.0. The van der Waals surface area contributed by atoms with E-state index >= 15 is 0 Å². The number of hydrogen-bond acceptors (Lipinski definition) is 3. The van der Waals surface area contributed by atoms with Crippen LogP contribution in [0.3, 0.4) is 0 Å². The summed E-state index contributed by atoms with van der Waals surface area (Å²) < 4.78 is 12.9. The van der Waals surface area contributed by atoms with Crippen LogP contribution in [0, 0.1) is 11.7 Å². The molecule has 2 unspecified atom stereocenters. The lowest BCUT2D eigenvalue weighted by Crippen LogP contribution is -2.45. The van der Waals surface area contributed by atoms with Crippen LogP contribution in [0.1, 0.15) is 36.5 Å². The number of carbonyl (C=O) groups excluding carboxylic acids is 2. The van der Waals surface area contributed by atoms with Crippen LogP contribution in [-0.2, 0) is 4.79 Å². The zero-order valence-corrected chi connectivity index (χ0v) is 13.3. The third kappa shape index (κ3) is 5.03. The minimum absolute atomic E-state index is 0.0812. The molecule has 0 aromatic heterocycles. The normalized spacial score (nSPS) is 19.3. The van der Waals surface area contributed by atoms with Crippen molar-refractivity contribution in [3.05, 3.63) is 35.6 Å². The number of carbonyl (C=O) groups is 2. The Labute approximate surface area is 135 Å². The number of rotatable bonds is 5. The first kappa shape index (κ1) is 17.4. The number of aliphatic hydroxyl groups excluding tert-OH is 1. The Balaban J connectivity index is 1.91. The highest BCUT2D eigenvalue weighted by Crippen LogP contribution is 2.19. The largest absolute Gasteiger partial charge is 0.393 e. The number of piperidine rings is 1. The van der Waals surface area contributed by atoms with E-state index in [-0.39, 0.29) is 23.5 Å². The summed E-state index contributed by atoms with van der Waals surface area (Å²) in [4.78, 5) is 26.2. The van der Waals surface area contributed by atoms with Crippen molar-refractivity contribution in [3.63, 3.8) is 0 Å². The van der Waals surface area contributed by atoms with E-state index in [0.29, 0.717) is 31.6 Å². The summed E-state index contributed by atoms with van der Waals surface area (Å²) in [7, 11) is 0. The molecule has 2 atom stereocenters. The molecule has 0 spiro atoms. The second-order valence-corrected chi connectivity index (χ2v) is 6.03. The first-order chi connectivity index (χ1) is 11.0. The second-order valence-electron chi connectivity index (χ2n) is 6.03. The highest BCUT2D eigenvalue weighted by atomic mass is 19.1. The molecule has 1 saturated heterocycles. The predicted molar refractivity (Wildman–Crippen MR) is 84.3 cm³/mol. The Morgan fingerprint density at radius 1 is 1.39 bits per heavy atom. The summed E-state index contributed by atoms with van der Waals surface area (Å²) in [5.41, 5.74) is 0.432. The highest BCUT2D eigenvalue weighted by Gasteiger charge is 2.28. The number of likely N-dealkylation sites (tertiary alicyclic amines) is 1. The summed E-state index contributed by atoms with van der Waals surface area (Å²) in [6, 6.07) is 5.45. The molecule has 1 aliphatic heterocycles. The fraction of sp³-hybridized carbons (Fsp3) is 0.529. The molecule has 0 saturated carbocycles. The molecule has 2 amide bonds. The number of aliphatic hydroxyl groups is 1. The number of hydrogen-bond donors (Lipinski definition) is 2. The number of nitrogens with one attached hydrogen (secondary N) is 1. The van der Waals surface area contributed by atoms with Gasteiger partial charge in [-0.15, -0.1) is 0 Å². The highest BCUT2D eigenvalue weighted by molar-refractivity contribution is 5.94. The van der Waals surface area contributed by atoms with Crippen molar-refractivity contribution in [1.82, 2.24) is 10.2 Å². The molecule has 1 aromatic rings. The van der Waals surface area contributed by atoms with Gasteiger partial charge >= 0.3 is 0 Å². The van der Waals surface area contributed by atoms with Crippen molar-refractivity contribution >= 4 is 11.8 Å². The van der Waals surface area contributed by atoms with Gasteiger partial charge in [-0.2, -0.15) is 0 Å². The number of benzene rings is 1. The van der Waals surface area contributed by atoms with Crippen LogP contribution in [0.25, 0.3) is 0 Å². The molecular formula is C17H23FN2O3. The third-order valence-corrected chi connectivity index (χ3v) is 4.03. The average molecular weight is 322 g/mol. The quantitative estimate of drug-likeness (QED) is 0.864. The van der Waals surface area contributed by atoms with Crippen molar-refractivity contribution in [2.75, 3.05) is 19.6 Å². The van der Waals surface area contributed by atoms with Gasteiger partial charge in [0.2, 0.25) is 5.91 Å². The van der Waals surface area contributed by atoms with Gasteiger partial charge in [0, 0.05) is 25.2 Å². The van der Waals surface area contributed by atoms with Gasteiger partial charge in [0.05, 0.1) is 12.0 Å². The summed E-state index contributed by atoms with van der Waals surface area (Å²) in [6.45, 7) is 3.08. The van der Waals surface area contributed by atoms with Gasteiger partial charge in [-0.25, -0.2) is 4.39 Å². The standard InChI is InChI=1S/C17H23FN2O3/c1-12(21)8-9-19-16(22)14-3-2-10-20(11-14)17(23)13-4-6-15(18)7-5-13/h4-7,12,14,21H,2-3,8-11H2,1H3,(H,19,22). The smallest absolute Gasteiger partial charge is 0.253 e. The summed E-state index contributed by atoms with van der Waals surface area (Å²) in [6.07, 6.45) is 1.57. The van der Waals surface area contributed by atoms with Gasteiger partial charge in [0.25, 0.3) is 5.91 Å². The molecule has 1 aliphatic rings. The lowest BCUT2D eigenvalue weighted by atomic mass is 9.96. The maximum Gasteiger partial charge on any atom is 0.253 e. The van der Waals surface area contributed by atoms with Gasteiger partial charge in [0.1, 0.15) is 5.82 Å². The van der Waals surface area contributed by atoms with Crippen LogP contribution in [0.15, 0.2) is 24.3 Å². The minimum atomic E-state index is -0.446. The molecule has 2 rings (SSSR count). The maximum atomic E-state index is 12.9. The predicted octanol–water partition coefficient (Wildman–Crippen LogP) is 1.56. The summed E-state index contributed by atoms with van der Waals surface area (Å²) >= 11 is 0. The molecule has 6 heteroatoms. The molecule has 0 bridgehead atoms. The topological polar surface area (TPSA) is 69.6 Å². The van der Waals surface area contributed by atoms with Crippen LogP contribution in [0.4, 0.5) is 4.39 Å². The summed E-state index contributed by atoms with van der Waals surface area (Å²) in [5.74, 6) is -0.869. The Bertz CT molecular complexity index is 545. The van der Waals surface area contributed by atoms with E-state index in [1.165, 1.54) is 24.3 Å². The van der Waals surface area contributed by atoms with E-state index in [0.717, 1.165) is 12.8 Å². The third-order valence-electron chi connectivity index (χ3n) is 4.03. The molecule has 2 N–H and O–H groups in total. The zero-order chi connectivity index (χ0) is 16.8. The molecular weight excluding hydrogens is 299 g/mol. The average Bonchev–Trinajstić information content (AvgIpc) is 2.54. The molecule has 0 aliphatic carbocycles. The van der Waals surface area contributed by atoms with E-state index in [1.54, 1.807) is 11.8 Å². The van der Waals surface area contributed by atoms with Gasteiger partial charge < -0.3 is 15.3 Å². The molecule has 126 valence electrons. The van der Waals surface area contributed by atoms with E-state index in [9.17, 15) is 19.1 Å². The second kappa shape index (κ2) is 8.06. The van der Waals surface area contributed by atoms with Crippen molar-refractivity contribution in [3.8, 4) is 0 Å². The number of amides is 2. The lowest BCUT2D eigenvalue weighted by molar-refractivity contribution is -0.126. The van der Waals surface area contributed by atoms with Crippen LogP contribution in [0.2, 0.25) is 0 Å². The van der Waals surface area contributed by atoms with Crippen molar-refractivity contribution in [1.29, 1.82) is 0 Å². The Morgan fingerprint density at radius 2 is 2.09 bits per heavy atom. The van der Waals surface area contributed by atoms with Crippen molar-refractivity contribution < 1.29 is 19.1 Å².